The fourth-order valence-electron chi connectivity index (χ4n) is 1.41. The molecule has 0 aliphatic rings. The minimum atomic E-state index is -4.93. The van der Waals surface area contributed by atoms with Crippen molar-refractivity contribution in [3.63, 3.8) is 0 Å². The number of hydrogen-bond acceptors (Lipinski definition) is 6. The Morgan fingerprint density at radius 3 is 2.55 bits per heavy atom. The van der Waals surface area contributed by atoms with Gasteiger partial charge in [-0.3, -0.25) is 0 Å². The van der Waals surface area contributed by atoms with Gasteiger partial charge in [0.2, 0.25) is 5.88 Å². The molecule has 1 heterocycles. The Bertz CT molecular complexity index is 491. The molecule has 0 bridgehead atoms. The van der Waals surface area contributed by atoms with Gasteiger partial charge in [0.15, 0.2) is 5.69 Å². The predicted octanol–water partition coefficient (Wildman–Crippen LogP) is 1.62. The third-order valence-corrected chi connectivity index (χ3v) is 2.15. The van der Waals surface area contributed by atoms with E-state index in [1.54, 1.807) is 6.92 Å². The molecule has 0 amide bonds. The molecular formula is C11H13F3N2O4. The van der Waals surface area contributed by atoms with Crippen LogP contribution in [0.15, 0.2) is 6.07 Å². The topological polar surface area (TPSA) is 83.7 Å². The van der Waals surface area contributed by atoms with Gasteiger partial charge in [-0.15, -0.1) is 13.2 Å². The van der Waals surface area contributed by atoms with Gasteiger partial charge >= 0.3 is 12.3 Å². The normalized spacial score (nSPS) is 11.1. The third kappa shape index (κ3) is 3.98. The summed E-state index contributed by atoms with van der Waals surface area (Å²) in [6.07, 6.45) is -4.93. The lowest BCUT2D eigenvalue weighted by Crippen LogP contribution is -2.20. The van der Waals surface area contributed by atoms with Crippen molar-refractivity contribution in [3.8, 4) is 11.6 Å². The summed E-state index contributed by atoms with van der Waals surface area (Å²) >= 11 is 0. The Kier molecular flexibility index (Phi) is 5.14. The average Bonchev–Trinajstić information content (AvgIpc) is 2.36. The maximum Gasteiger partial charge on any atom is 0.573 e. The molecule has 0 spiro atoms. The number of nitrogens with two attached hydrogens (primary N) is 1. The number of carbonyl (C=O) groups excluding carboxylic acids is 1. The lowest BCUT2D eigenvalue weighted by molar-refractivity contribution is -0.275. The number of ether oxygens (including phenoxy) is 3. The Morgan fingerprint density at radius 2 is 2.10 bits per heavy atom. The molecule has 0 aliphatic carbocycles. The number of rotatable bonds is 5. The molecule has 0 atom stereocenters. The van der Waals surface area contributed by atoms with Gasteiger partial charge in [0.1, 0.15) is 5.75 Å². The van der Waals surface area contributed by atoms with E-state index >= 15 is 0 Å². The molecular weight excluding hydrogens is 281 g/mol. The van der Waals surface area contributed by atoms with E-state index in [0.29, 0.717) is 0 Å². The highest BCUT2D eigenvalue weighted by atomic mass is 19.4. The highest BCUT2D eigenvalue weighted by Crippen LogP contribution is 2.32. The molecule has 0 aliphatic heterocycles. The predicted molar refractivity (Wildman–Crippen MR) is 61.3 cm³/mol. The quantitative estimate of drug-likeness (QED) is 0.831. The zero-order chi connectivity index (χ0) is 15.3. The molecule has 0 fully saturated rings. The van der Waals surface area contributed by atoms with E-state index in [0.717, 1.165) is 6.07 Å². The second-order valence-corrected chi connectivity index (χ2v) is 3.47. The van der Waals surface area contributed by atoms with Crippen molar-refractivity contribution in [2.24, 2.45) is 5.73 Å². The second-order valence-electron chi connectivity index (χ2n) is 3.47. The van der Waals surface area contributed by atoms with Crippen LogP contribution in [0.2, 0.25) is 0 Å². The molecule has 0 saturated carbocycles. The van der Waals surface area contributed by atoms with Crippen LogP contribution < -0.4 is 15.2 Å². The first-order valence-electron chi connectivity index (χ1n) is 5.53. The number of pyridine rings is 1. The molecule has 1 rings (SSSR count). The first kappa shape index (κ1) is 16.0. The fourth-order valence-corrected chi connectivity index (χ4v) is 1.41. The van der Waals surface area contributed by atoms with Crippen molar-refractivity contribution in [1.29, 1.82) is 0 Å². The number of carbonyl (C=O) groups is 1. The monoisotopic (exact) mass is 294 g/mol. The first-order valence-corrected chi connectivity index (χ1v) is 5.53. The summed E-state index contributed by atoms with van der Waals surface area (Å²) in [6.45, 7) is 1.30. The fraction of sp³-hybridized carbons (Fsp3) is 0.455. The molecule has 20 heavy (non-hydrogen) atoms. The van der Waals surface area contributed by atoms with Crippen LogP contribution in [-0.2, 0) is 11.3 Å². The highest BCUT2D eigenvalue weighted by molar-refractivity contribution is 5.88. The Labute approximate surface area is 112 Å². The van der Waals surface area contributed by atoms with Gasteiger partial charge in [-0.2, -0.15) is 0 Å². The van der Waals surface area contributed by atoms with Crippen molar-refractivity contribution in [1.82, 2.24) is 4.98 Å². The van der Waals surface area contributed by atoms with Gasteiger partial charge in [-0.05, 0) is 6.92 Å². The van der Waals surface area contributed by atoms with Crippen molar-refractivity contribution in [3.05, 3.63) is 17.3 Å². The molecule has 0 saturated heterocycles. The number of hydrogen-bond donors (Lipinski definition) is 1. The van der Waals surface area contributed by atoms with Crippen molar-refractivity contribution < 1.29 is 32.2 Å². The summed E-state index contributed by atoms with van der Waals surface area (Å²) in [4.78, 5) is 15.3. The standard InChI is InChI=1S/C11H13F3N2O4/c1-3-19-10(17)7-4-8(20-11(12,13)14)6(5-15)9(16-7)18-2/h4H,3,5,15H2,1-2H3. The van der Waals surface area contributed by atoms with Gasteiger partial charge in [-0.1, -0.05) is 0 Å². The van der Waals surface area contributed by atoms with Gasteiger partial charge < -0.3 is 19.9 Å². The summed E-state index contributed by atoms with van der Waals surface area (Å²) < 4.78 is 50.3. The van der Waals surface area contributed by atoms with E-state index in [-0.39, 0.29) is 30.3 Å². The third-order valence-electron chi connectivity index (χ3n) is 2.15. The molecule has 0 radical (unpaired) electrons. The smallest absolute Gasteiger partial charge is 0.481 e. The minimum absolute atomic E-state index is 0.0525. The van der Waals surface area contributed by atoms with E-state index in [2.05, 4.69) is 14.5 Å². The molecule has 9 heteroatoms. The molecule has 0 unspecified atom stereocenters. The molecule has 112 valence electrons. The van der Waals surface area contributed by atoms with E-state index in [1.807, 2.05) is 0 Å². The molecule has 6 nitrogen and oxygen atoms in total. The summed E-state index contributed by atoms with van der Waals surface area (Å²) in [7, 11) is 1.19. The molecule has 2 N–H and O–H groups in total. The van der Waals surface area contributed by atoms with Crippen molar-refractivity contribution in [2.75, 3.05) is 13.7 Å². The number of methoxy groups -OCH3 is 1. The Balaban J connectivity index is 3.30. The highest BCUT2D eigenvalue weighted by Gasteiger charge is 2.33. The van der Waals surface area contributed by atoms with E-state index < -0.39 is 18.1 Å². The summed E-state index contributed by atoms with van der Waals surface area (Å²) in [5, 5.41) is 0. The zero-order valence-electron chi connectivity index (χ0n) is 10.8. The van der Waals surface area contributed by atoms with Crippen LogP contribution in [0.1, 0.15) is 23.0 Å². The number of nitrogens with zero attached hydrogens (tertiary/aromatic N) is 1. The van der Waals surface area contributed by atoms with E-state index in [1.165, 1.54) is 7.11 Å². The molecule has 1 aromatic rings. The maximum atomic E-state index is 12.3. The maximum absolute atomic E-state index is 12.3. The minimum Gasteiger partial charge on any atom is -0.481 e. The second kappa shape index (κ2) is 6.42. The number of esters is 1. The Morgan fingerprint density at radius 1 is 1.45 bits per heavy atom. The lowest BCUT2D eigenvalue weighted by Gasteiger charge is -2.15. The van der Waals surface area contributed by atoms with Crippen molar-refractivity contribution >= 4 is 5.97 Å². The number of alkyl halides is 3. The molecule has 0 aromatic carbocycles. The number of aromatic nitrogens is 1. The largest absolute Gasteiger partial charge is 0.573 e. The number of halogens is 3. The lowest BCUT2D eigenvalue weighted by atomic mass is 10.2. The van der Waals surface area contributed by atoms with Crippen LogP contribution >= 0.6 is 0 Å². The van der Waals surface area contributed by atoms with Crippen LogP contribution in [0.4, 0.5) is 13.2 Å². The first-order chi connectivity index (χ1) is 9.32. The van der Waals surface area contributed by atoms with Gasteiger partial charge in [0.05, 0.1) is 19.3 Å². The van der Waals surface area contributed by atoms with E-state index in [4.69, 9.17) is 10.5 Å². The van der Waals surface area contributed by atoms with Crippen LogP contribution in [-0.4, -0.2) is 31.0 Å². The van der Waals surface area contributed by atoms with Gasteiger partial charge in [-0.25, -0.2) is 9.78 Å². The van der Waals surface area contributed by atoms with Crippen LogP contribution in [0.25, 0.3) is 0 Å². The summed E-state index contributed by atoms with van der Waals surface area (Å²) in [5.41, 5.74) is 4.89. The van der Waals surface area contributed by atoms with Gasteiger partial charge in [0, 0.05) is 12.6 Å². The van der Waals surface area contributed by atoms with Crippen LogP contribution in [0.3, 0.4) is 0 Å². The average molecular weight is 294 g/mol. The zero-order valence-corrected chi connectivity index (χ0v) is 10.8. The van der Waals surface area contributed by atoms with Gasteiger partial charge in [0.25, 0.3) is 0 Å². The summed E-state index contributed by atoms with van der Waals surface area (Å²) in [5.74, 6) is -1.76. The Hall–Kier alpha value is -2.03. The van der Waals surface area contributed by atoms with Crippen molar-refractivity contribution in [2.45, 2.75) is 19.8 Å². The van der Waals surface area contributed by atoms with E-state index in [9.17, 15) is 18.0 Å². The SMILES string of the molecule is CCOC(=O)c1cc(OC(F)(F)F)c(CN)c(OC)n1. The van der Waals surface area contributed by atoms with Crippen LogP contribution in [0, 0.1) is 0 Å². The molecule has 1 aromatic heterocycles. The summed E-state index contributed by atoms with van der Waals surface area (Å²) in [6, 6.07) is 0.816. The van der Waals surface area contributed by atoms with Crippen LogP contribution in [0.5, 0.6) is 11.6 Å².